The van der Waals surface area contributed by atoms with Gasteiger partial charge in [0.25, 0.3) is 6.47 Å². The van der Waals surface area contributed by atoms with Crippen molar-refractivity contribution in [3.8, 4) is 0 Å². The van der Waals surface area contributed by atoms with E-state index in [1.165, 1.54) is 7.11 Å². The van der Waals surface area contributed by atoms with Crippen LogP contribution in [0.3, 0.4) is 0 Å². The number of benzene rings is 1. The molecule has 0 aliphatic rings. The highest BCUT2D eigenvalue weighted by Gasteiger charge is 2.18. The smallest absolute Gasteiger partial charge is 0.312 e. The second-order valence-electron chi connectivity index (χ2n) is 5.86. The standard InChI is InChI=1S/C12H13NO2.C5H10O2/c1-8(12(14)15-2)10-7-13-11-6-4-3-5-9(10)11;1-5(2,3)7-4-6/h3-8,13H,1-2H3;4H,1-3H3. The Bertz CT molecular complexity index is 625. The molecular weight excluding hydrogens is 282 g/mol. The minimum absolute atomic E-state index is 0.209. The molecular formula is C17H23NO4. The van der Waals surface area contributed by atoms with Crippen molar-refractivity contribution in [2.75, 3.05) is 7.11 Å². The van der Waals surface area contributed by atoms with Crippen LogP contribution in [0.5, 0.6) is 0 Å². The lowest BCUT2D eigenvalue weighted by Crippen LogP contribution is -2.17. The number of esters is 1. The van der Waals surface area contributed by atoms with Crippen LogP contribution >= 0.6 is 0 Å². The first-order valence-corrected chi connectivity index (χ1v) is 7.05. The lowest BCUT2D eigenvalue weighted by atomic mass is 10.0. The second kappa shape index (κ2) is 7.64. The summed E-state index contributed by atoms with van der Waals surface area (Å²) < 4.78 is 9.28. The van der Waals surface area contributed by atoms with Crippen molar-refractivity contribution in [1.82, 2.24) is 4.98 Å². The Balaban J connectivity index is 0.000000295. The topological polar surface area (TPSA) is 68.4 Å². The van der Waals surface area contributed by atoms with Gasteiger partial charge in [0.1, 0.15) is 5.60 Å². The quantitative estimate of drug-likeness (QED) is 0.697. The molecule has 0 saturated carbocycles. The Morgan fingerprint density at radius 2 is 1.91 bits per heavy atom. The van der Waals surface area contributed by atoms with Crippen molar-refractivity contribution >= 4 is 23.3 Å². The first kappa shape index (κ1) is 17.8. The van der Waals surface area contributed by atoms with Crippen LogP contribution < -0.4 is 0 Å². The number of carbonyl (C=O) groups is 2. The lowest BCUT2D eigenvalue weighted by molar-refractivity contribution is -0.142. The molecule has 0 radical (unpaired) electrons. The third-order valence-corrected chi connectivity index (χ3v) is 3.04. The van der Waals surface area contributed by atoms with E-state index in [1.807, 2.05) is 58.2 Å². The number of fused-ring (bicyclic) bond motifs is 1. The number of nitrogens with one attached hydrogen (secondary N) is 1. The van der Waals surface area contributed by atoms with Crippen LogP contribution in [0.15, 0.2) is 30.5 Å². The van der Waals surface area contributed by atoms with Gasteiger partial charge < -0.3 is 14.5 Å². The summed E-state index contributed by atoms with van der Waals surface area (Å²) in [7, 11) is 1.41. The summed E-state index contributed by atoms with van der Waals surface area (Å²) >= 11 is 0. The zero-order chi connectivity index (χ0) is 16.8. The Morgan fingerprint density at radius 1 is 1.27 bits per heavy atom. The number of aromatic nitrogens is 1. The van der Waals surface area contributed by atoms with E-state index in [-0.39, 0.29) is 17.5 Å². The number of aromatic amines is 1. The van der Waals surface area contributed by atoms with Crippen molar-refractivity contribution in [2.24, 2.45) is 0 Å². The monoisotopic (exact) mass is 305 g/mol. The number of H-pyrrole nitrogens is 1. The highest BCUT2D eigenvalue weighted by atomic mass is 16.5. The van der Waals surface area contributed by atoms with Gasteiger partial charge >= 0.3 is 5.97 Å². The number of carbonyl (C=O) groups excluding carboxylic acids is 2. The summed E-state index contributed by atoms with van der Waals surface area (Å²) in [6.45, 7) is 7.77. The Kier molecular flexibility index (Phi) is 6.16. The van der Waals surface area contributed by atoms with Gasteiger partial charge in [-0.05, 0) is 39.3 Å². The van der Waals surface area contributed by atoms with Gasteiger partial charge in [0.15, 0.2) is 0 Å². The molecule has 1 aromatic heterocycles. The molecule has 5 heteroatoms. The summed E-state index contributed by atoms with van der Waals surface area (Å²) in [5.74, 6) is -0.439. The van der Waals surface area contributed by atoms with E-state index in [9.17, 15) is 9.59 Å². The molecule has 0 aliphatic heterocycles. The van der Waals surface area contributed by atoms with Crippen LogP contribution in [0, 0.1) is 0 Å². The molecule has 0 saturated heterocycles. The maximum atomic E-state index is 11.4. The molecule has 1 aromatic carbocycles. The maximum Gasteiger partial charge on any atom is 0.312 e. The van der Waals surface area contributed by atoms with E-state index in [0.717, 1.165) is 16.5 Å². The third-order valence-electron chi connectivity index (χ3n) is 3.04. The van der Waals surface area contributed by atoms with Crippen LogP contribution in [0.25, 0.3) is 10.9 Å². The van der Waals surface area contributed by atoms with Crippen LogP contribution in [-0.4, -0.2) is 30.1 Å². The first-order chi connectivity index (χ1) is 10.3. The Morgan fingerprint density at radius 3 is 2.41 bits per heavy atom. The molecule has 2 aromatic rings. The average molecular weight is 305 g/mol. The normalized spacial score (nSPS) is 12.0. The Labute approximate surface area is 130 Å². The van der Waals surface area contributed by atoms with Crippen LogP contribution in [0.4, 0.5) is 0 Å². The highest BCUT2D eigenvalue weighted by molar-refractivity contribution is 5.89. The number of hydrogen-bond acceptors (Lipinski definition) is 4. The fraction of sp³-hybridized carbons (Fsp3) is 0.412. The van der Waals surface area contributed by atoms with Gasteiger partial charge in [-0.2, -0.15) is 0 Å². The summed E-state index contributed by atoms with van der Waals surface area (Å²) in [5.41, 5.74) is 1.71. The molecule has 22 heavy (non-hydrogen) atoms. The SMILES string of the molecule is CC(C)(C)OC=O.COC(=O)C(C)c1c[nH]c2ccccc12. The van der Waals surface area contributed by atoms with Crippen molar-refractivity contribution < 1.29 is 19.1 Å². The summed E-state index contributed by atoms with van der Waals surface area (Å²) in [5, 5.41) is 1.08. The molecule has 1 N–H and O–H groups in total. The van der Waals surface area contributed by atoms with E-state index in [0.29, 0.717) is 6.47 Å². The number of para-hydroxylation sites is 1. The minimum Gasteiger partial charge on any atom is -0.469 e. The first-order valence-electron chi connectivity index (χ1n) is 7.05. The fourth-order valence-electron chi connectivity index (χ4n) is 1.90. The van der Waals surface area contributed by atoms with Crippen LogP contribution in [0.1, 0.15) is 39.2 Å². The minimum atomic E-state index is -0.318. The molecule has 1 unspecified atom stereocenters. The lowest BCUT2D eigenvalue weighted by Gasteiger charge is -2.14. The number of rotatable bonds is 3. The molecule has 0 aliphatic carbocycles. The fourth-order valence-corrected chi connectivity index (χ4v) is 1.90. The van der Waals surface area contributed by atoms with E-state index < -0.39 is 0 Å². The number of methoxy groups -OCH3 is 1. The van der Waals surface area contributed by atoms with Gasteiger partial charge in [-0.15, -0.1) is 0 Å². The van der Waals surface area contributed by atoms with E-state index in [1.54, 1.807) is 0 Å². The molecule has 0 fully saturated rings. The number of ether oxygens (including phenoxy) is 2. The largest absolute Gasteiger partial charge is 0.469 e. The molecule has 120 valence electrons. The average Bonchev–Trinajstić information content (AvgIpc) is 2.89. The van der Waals surface area contributed by atoms with Crippen molar-refractivity contribution in [1.29, 1.82) is 0 Å². The van der Waals surface area contributed by atoms with Crippen molar-refractivity contribution in [2.45, 2.75) is 39.2 Å². The second-order valence-corrected chi connectivity index (χ2v) is 5.86. The zero-order valence-corrected chi connectivity index (χ0v) is 13.7. The molecule has 1 heterocycles. The Hall–Kier alpha value is -2.30. The number of hydrogen-bond donors (Lipinski definition) is 1. The summed E-state index contributed by atoms with van der Waals surface area (Å²) in [6, 6.07) is 7.92. The van der Waals surface area contributed by atoms with Gasteiger partial charge in [0.05, 0.1) is 13.0 Å². The van der Waals surface area contributed by atoms with E-state index >= 15 is 0 Å². The van der Waals surface area contributed by atoms with Gasteiger partial charge in [0, 0.05) is 17.1 Å². The zero-order valence-electron chi connectivity index (χ0n) is 13.7. The van der Waals surface area contributed by atoms with Crippen molar-refractivity contribution in [3.63, 3.8) is 0 Å². The van der Waals surface area contributed by atoms with Gasteiger partial charge in [-0.25, -0.2) is 0 Å². The molecule has 0 spiro atoms. The van der Waals surface area contributed by atoms with Gasteiger partial charge in [-0.1, -0.05) is 18.2 Å². The molecule has 1 atom stereocenters. The third kappa shape index (κ3) is 4.91. The van der Waals surface area contributed by atoms with E-state index in [2.05, 4.69) is 9.72 Å². The van der Waals surface area contributed by atoms with Gasteiger partial charge in [-0.3, -0.25) is 9.59 Å². The molecule has 2 rings (SSSR count). The highest BCUT2D eigenvalue weighted by Crippen LogP contribution is 2.25. The summed E-state index contributed by atoms with van der Waals surface area (Å²) in [6.07, 6.45) is 1.87. The summed E-state index contributed by atoms with van der Waals surface area (Å²) in [4.78, 5) is 24.2. The van der Waals surface area contributed by atoms with Crippen LogP contribution in [-0.2, 0) is 19.1 Å². The van der Waals surface area contributed by atoms with Crippen molar-refractivity contribution in [3.05, 3.63) is 36.0 Å². The van der Waals surface area contributed by atoms with Gasteiger partial charge in [0.2, 0.25) is 0 Å². The molecule has 0 amide bonds. The molecule has 0 bridgehead atoms. The van der Waals surface area contributed by atoms with E-state index in [4.69, 9.17) is 4.74 Å². The maximum absolute atomic E-state index is 11.4. The van der Waals surface area contributed by atoms with Crippen LogP contribution in [0.2, 0.25) is 0 Å². The predicted octanol–water partition coefficient (Wildman–Crippen LogP) is 3.40. The predicted molar refractivity (Wildman–Crippen MR) is 85.6 cm³/mol. The molecule has 5 nitrogen and oxygen atoms in total.